The van der Waals surface area contributed by atoms with E-state index >= 15 is 0 Å². The predicted molar refractivity (Wildman–Crippen MR) is 102 cm³/mol. The van der Waals surface area contributed by atoms with E-state index in [1.54, 1.807) is 13.0 Å². The molecule has 1 amide bonds. The fraction of sp³-hybridized carbons (Fsp3) is 0.150. The van der Waals surface area contributed by atoms with Gasteiger partial charge in [0.25, 0.3) is 11.5 Å². The monoisotopic (exact) mass is 348 g/mol. The van der Waals surface area contributed by atoms with Crippen LogP contribution in [0.15, 0.2) is 71.8 Å². The highest BCUT2D eigenvalue weighted by Crippen LogP contribution is 2.20. The molecule has 3 rings (SSSR count). The van der Waals surface area contributed by atoms with Crippen LogP contribution in [0.25, 0.3) is 0 Å². The van der Waals surface area contributed by atoms with Crippen molar-refractivity contribution >= 4 is 17.3 Å². The lowest BCUT2D eigenvalue weighted by Gasteiger charge is -2.12. The Morgan fingerprint density at radius 1 is 1.08 bits per heavy atom. The van der Waals surface area contributed by atoms with Crippen LogP contribution in [0.1, 0.15) is 16.1 Å². The van der Waals surface area contributed by atoms with Gasteiger partial charge in [-0.05, 0) is 31.2 Å². The van der Waals surface area contributed by atoms with Crippen molar-refractivity contribution in [2.24, 2.45) is 0 Å². The largest absolute Gasteiger partial charge is 0.355 e. The summed E-state index contributed by atoms with van der Waals surface area (Å²) in [6.45, 7) is 2.47. The Morgan fingerprint density at radius 2 is 1.81 bits per heavy atom. The lowest BCUT2D eigenvalue weighted by Crippen LogP contribution is -2.31. The first-order chi connectivity index (χ1) is 12.6. The quantitative estimate of drug-likeness (QED) is 0.718. The zero-order valence-corrected chi connectivity index (χ0v) is 14.5. The molecule has 1 aromatic heterocycles. The van der Waals surface area contributed by atoms with Gasteiger partial charge in [0.2, 0.25) is 0 Å². The first-order valence-electron chi connectivity index (χ1n) is 8.36. The zero-order chi connectivity index (χ0) is 18.4. The zero-order valence-electron chi connectivity index (χ0n) is 14.5. The average molecular weight is 348 g/mol. The van der Waals surface area contributed by atoms with Crippen molar-refractivity contribution in [1.29, 1.82) is 0 Å². The molecular formula is C20H20N4O2. The van der Waals surface area contributed by atoms with Crippen LogP contribution in [0, 0.1) is 6.92 Å². The van der Waals surface area contributed by atoms with Gasteiger partial charge in [0.05, 0.1) is 17.6 Å². The lowest BCUT2D eigenvalue weighted by molar-refractivity contribution is 0.0953. The first kappa shape index (κ1) is 17.4. The molecule has 0 unspecified atom stereocenters. The summed E-state index contributed by atoms with van der Waals surface area (Å²) in [6.07, 6.45) is 1.49. The Bertz CT molecular complexity index is 951. The van der Waals surface area contributed by atoms with E-state index in [0.717, 1.165) is 11.4 Å². The highest BCUT2D eigenvalue weighted by molar-refractivity contribution is 6.00. The number of carbonyl (C=O) groups excluding carboxylic acids is 1. The molecule has 132 valence electrons. The molecule has 3 aromatic rings. The number of aryl methyl sites for hydroxylation is 1. The molecule has 0 atom stereocenters. The van der Waals surface area contributed by atoms with Crippen LogP contribution in [0.5, 0.6) is 0 Å². The van der Waals surface area contributed by atoms with Crippen molar-refractivity contribution in [2.45, 2.75) is 13.5 Å². The number of carbonyl (C=O) groups is 1. The van der Waals surface area contributed by atoms with E-state index in [-0.39, 0.29) is 11.5 Å². The van der Waals surface area contributed by atoms with E-state index in [2.05, 4.69) is 15.6 Å². The molecule has 0 aliphatic heterocycles. The number of aromatic nitrogens is 2. The van der Waals surface area contributed by atoms with E-state index in [1.807, 2.05) is 48.5 Å². The maximum absolute atomic E-state index is 12.5. The summed E-state index contributed by atoms with van der Waals surface area (Å²) in [5, 5.41) is 6.10. The summed E-state index contributed by atoms with van der Waals surface area (Å²) in [7, 11) is 0. The second-order valence-corrected chi connectivity index (χ2v) is 5.85. The summed E-state index contributed by atoms with van der Waals surface area (Å²) >= 11 is 0. The van der Waals surface area contributed by atoms with E-state index in [4.69, 9.17) is 0 Å². The third-order valence-corrected chi connectivity index (χ3v) is 3.88. The van der Waals surface area contributed by atoms with E-state index in [0.29, 0.717) is 24.3 Å². The molecule has 0 spiro atoms. The minimum absolute atomic E-state index is 0.127. The van der Waals surface area contributed by atoms with Crippen molar-refractivity contribution in [2.75, 3.05) is 11.9 Å². The molecule has 6 heteroatoms. The average Bonchev–Trinajstić information content (AvgIpc) is 2.65. The maximum Gasteiger partial charge on any atom is 0.253 e. The highest BCUT2D eigenvalue weighted by Gasteiger charge is 2.10. The summed E-state index contributed by atoms with van der Waals surface area (Å²) in [5.74, 6) is -0.197. The SMILES string of the molecule is Cc1cc(=O)n(CCNC(=O)c2ccccc2Nc2ccccc2)cn1. The van der Waals surface area contributed by atoms with E-state index in [9.17, 15) is 9.59 Å². The van der Waals surface area contributed by atoms with Crippen LogP contribution in [-0.4, -0.2) is 22.0 Å². The van der Waals surface area contributed by atoms with Gasteiger partial charge in [-0.15, -0.1) is 0 Å². The van der Waals surface area contributed by atoms with Crippen molar-refractivity contribution in [3.8, 4) is 0 Å². The molecule has 2 N–H and O–H groups in total. The molecule has 6 nitrogen and oxygen atoms in total. The number of hydrogen-bond acceptors (Lipinski definition) is 4. The van der Waals surface area contributed by atoms with Crippen LogP contribution < -0.4 is 16.2 Å². The number of nitrogens with one attached hydrogen (secondary N) is 2. The second kappa shape index (κ2) is 8.11. The predicted octanol–water partition coefficient (Wildman–Crippen LogP) is 2.73. The Kier molecular flexibility index (Phi) is 5.43. The molecule has 0 bridgehead atoms. The second-order valence-electron chi connectivity index (χ2n) is 5.85. The first-order valence-corrected chi connectivity index (χ1v) is 8.36. The number of para-hydroxylation sites is 2. The van der Waals surface area contributed by atoms with Crippen molar-refractivity contribution < 1.29 is 4.79 Å². The van der Waals surface area contributed by atoms with Crippen molar-refractivity contribution in [3.05, 3.63) is 88.6 Å². The number of rotatable bonds is 6. The van der Waals surface area contributed by atoms with Crippen LogP contribution in [0.2, 0.25) is 0 Å². The Hall–Kier alpha value is -3.41. The van der Waals surface area contributed by atoms with Crippen molar-refractivity contribution in [1.82, 2.24) is 14.9 Å². The van der Waals surface area contributed by atoms with Gasteiger partial charge in [0, 0.05) is 30.5 Å². The minimum atomic E-state index is -0.197. The molecule has 2 aromatic carbocycles. The molecule has 0 aliphatic rings. The maximum atomic E-state index is 12.5. The standard InChI is InChI=1S/C20H20N4O2/c1-15-13-19(25)24(14-22-15)12-11-21-20(26)17-9-5-6-10-18(17)23-16-7-3-2-4-8-16/h2-10,13-14,23H,11-12H2,1H3,(H,21,26). The summed E-state index contributed by atoms with van der Waals surface area (Å²) in [5.41, 5.74) is 2.73. The fourth-order valence-electron chi connectivity index (χ4n) is 2.54. The Labute approximate surface area is 151 Å². The van der Waals surface area contributed by atoms with E-state index < -0.39 is 0 Å². The smallest absolute Gasteiger partial charge is 0.253 e. The van der Waals surface area contributed by atoms with Gasteiger partial charge >= 0.3 is 0 Å². The normalized spacial score (nSPS) is 10.3. The Balaban J connectivity index is 1.65. The molecule has 0 radical (unpaired) electrons. The number of amides is 1. The van der Waals surface area contributed by atoms with Crippen molar-refractivity contribution in [3.63, 3.8) is 0 Å². The summed E-state index contributed by atoms with van der Waals surface area (Å²) in [4.78, 5) is 28.5. The van der Waals surface area contributed by atoms with Crippen LogP contribution in [0.4, 0.5) is 11.4 Å². The molecule has 26 heavy (non-hydrogen) atoms. The summed E-state index contributed by atoms with van der Waals surface area (Å²) in [6, 6.07) is 18.5. The van der Waals surface area contributed by atoms with Crippen LogP contribution in [0.3, 0.4) is 0 Å². The molecular weight excluding hydrogens is 328 g/mol. The topological polar surface area (TPSA) is 76.0 Å². The molecule has 0 saturated heterocycles. The number of anilines is 2. The molecule has 0 fully saturated rings. The van der Waals surface area contributed by atoms with Gasteiger partial charge in [-0.3, -0.25) is 14.2 Å². The van der Waals surface area contributed by atoms with Gasteiger partial charge in [-0.1, -0.05) is 30.3 Å². The molecule has 0 saturated carbocycles. The number of hydrogen-bond donors (Lipinski definition) is 2. The highest BCUT2D eigenvalue weighted by atomic mass is 16.1. The van der Waals surface area contributed by atoms with Gasteiger partial charge in [0.1, 0.15) is 0 Å². The van der Waals surface area contributed by atoms with Gasteiger partial charge in [0.15, 0.2) is 0 Å². The van der Waals surface area contributed by atoms with Crippen LogP contribution in [-0.2, 0) is 6.54 Å². The Morgan fingerprint density at radius 3 is 2.58 bits per heavy atom. The lowest BCUT2D eigenvalue weighted by atomic mass is 10.1. The fourth-order valence-corrected chi connectivity index (χ4v) is 2.54. The molecule has 1 heterocycles. The number of nitrogens with zero attached hydrogens (tertiary/aromatic N) is 2. The third-order valence-electron chi connectivity index (χ3n) is 3.88. The van der Waals surface area contributed by atoms with Gasteiger partial charge < -0.3 is 10.6 Å². The van der Waals surface area contributed by atoms with E-state index in [1.165, 1.54) is 17.0 Å². The van der Waals surface area contributed by atoms with Crippen LogP contribution >= 0.6 is 0 Å². The molecule has 0 aliphatic carbocycles. The van der Waals surface area contributed by atoms with Gasteiger partial charge in [-0.25, -0.2) is 4.98 Å². The summed E-state index contributed by atoms with van der Waals surface area (Å²) < 4.78 is 1.47. The minimum Gasteiger partial charge on any atom is -0.355 e. The third kappa shape index (κ3) is 4.36. The van der Waals surface area contributed by atoms with Gasteiger partial charge in [-0.2, -0.15) is 0 Å². The number of benzene rings is 2.